The number of nitrogens with zero attached hydrogens (tertiary/aromatic N) is 3. The Hall–Kier alpha value is -2.60. The molecule has 0 bridgehead atoms. The fourth-order valence-corrected chi connectivity index (χ4v) is 3.61. The van der Waals surface area contributed by atoms with E-state index in [0.29, 0.717) is 13.1 Å². The molecule has 0 spiro atoms. The van der Waals surface area contributed by atoms with Gasteiger partial charge in [0.05, 0.1) is 0 Å². The molecule has 0 atom stereocenters. The number of carbonyl (C=O) groups is 1. The molecule has 2 aromatic carbocycles. The summed E-state index contributed by atoms with van der Waals surface area (Å²) in [6.07, 6.45) is 0.713. The maximum atomic E-state index is 13.1. The third-order valence-corrected chi connectivity index (χ3v) is 5.46. The number of ether oxygens (including phenoxy) is 1. The van der Waals surface area contributed by atoms with E-state index in [4.69, 9.17) is 4.74 Å². The van der Waals surface area contributed by atoms with Crippen molar-refractivity contribution in [3.8, 4) is 0 Å². The molecule has 0 unspecified atom stereocenters. The van der Waals surface area contributed by atoms with E-state index in [0.717, 1.165) is 38.3 Å². The highest BCUT2D eigenvalue weighted by Gasteiger charge is 2.25. The van der Waals surface area contributed by atoms with Gasteiger partial charge in [-0.25, -0.2) is 9.18 Å². The Morgan fingerprint density at radius 3 is 2.13 bits per heavy atom. The van der Waals surface area contributed by atoms with Gasteiger partial charge >= 0.3 is 6.09 Å². The maximum absolute atomic E-state index is 13.1. The molecule has 3 rings (SSSR count). The highest BCUT2D eigenvalue weighted by Crippen LogP contribution is 2.16. The number of hydrogen-bond acceptors (Lipinski definition) is 4. The Kier molecular flexibility index (Phi) is 7.55. The van der Waals surface area contributed by atoms with Gasteiger partial charge in [0.1, 0.15) is 11.4 Å². The highest BCUT2D eigenvalue weighted by molar-refractivity contribution is 5.68. The van der Waals surface area contributed by atoms with E-state index in [1.165, 1.54) is 23.3 Å². The fourth-order valence-electron chi connectivity index (χ4n) is 3.61. The molecule has 0 aromatic heterocycles. The minimum atomic E-state index is -0.455. The minimum Gasteiger partial charge on any atom is -0.444 e. The molecule has 1 heterocycles. The predicted octanol–water partition coefficient (Wildman–Crippen LogP) is 4.56. The lowest BCUT2D eigenvalue weighted by molar-refractivity contribution is 0.0139. The molecule has 0 saturated carbocycles. The summed E-state index contributed by atoms with van der Waals surface area (Å²) in [5, 5.41) is 0. The van der Waals surface area contributed by atoms with Crippen LogP contribution in [-0.2, 0) is 17.7 Å². The van der Waals surface area contributed by atoms with Crippen LogP contribution in [0.5, 0.6) is 0 Å². The van der Waals surface area contributed by atoms with E-state index in [9.17, 15) is 9.18 Å². The van der Waals surface area contributed by atoms with E-state index < -0.39 is 5.60 Å². The van der Waals surface area contributed by atoms with E-state index in [1.807, 2.05) is 27.8 Å². The Morgan fingerprint density at radius 2 is 1.55 bits per heavy atom. The molecule has 0 aliphatic carbocycles. The standard InChI is InChI=1S/C25H34FN3O2/c1-25(2,3)31-24(30)29-17-15-28(16-18-29)19-21-7-5-20(6-8-21)13-14-27(4)23-11-9-22(26)10-12-23/h5-12H,13-19H2,1-4H3. The van der Waals surface area contributed by atoms with Gasteiger partial charge < -0.3 is 14.5 Å². The summed E-state index contributed by atoms with van der Waals surface area (Å²) in [7, 11) is 2.03. The van der Waals surface area contributed by atoms with Crippen LogP contribution in [0, 0.1) is 5.82 Å². The topological polar surface area (TPSA) is 36.0 Å². The molecule has 2 aromatic rings. The summed E-state index contributed by atoms with van der Waals surface area (Å²) in [5.41, 5.74) is 3.13. The van der Waals surface area contributed by atoms with Gasteiger partial charge in [0.15, 0.2) is 0 Å². The van der Waals surface area contributed by atoms with Crippen molar-refractivity contribution in [1.29, 1.82) is 0 Å². The van der Waals surface area contributed by atoms with Crippen LogP contribution in [0.4, 0.5) is 14.9 Å². The first-order chi connectivity index (χ1) is 14.7. The Morgan fingerprint density at radius 1 is 0.968 bits per heavy atom. The molecule has 31 heavy (non-hydrogen) atoms. The number of amides is 1. The zero-order valence-electron chi connectivity index (χ0n) is 19.1. The molecule has 5 nitrogen and oxygen atoms in total. The molecule has 1 aliphatic rings. The van der Waals surface area contributed by atoms with E-state index in [-0.39, 0.29) is 11.9 Å². The van der Waals surface area contributed by atoms with Crippen molar-refractivity contribution in [3.05, 3.63) is 65.5 Å². The summed E-state index contributed by atoms with van der Waals surface area (Å²) in [6.45, 7) is 10.5. The lowest BCUT2D eigenvalue weighted by atomic mass is 10.1. The second kappa shape index (κ2) is 10.1. The SMILES string of the molecule is CN(CCc1ccc(CN2CCN(C(=O)OC(C)(C)C)CC2)cc1)c1ccc(F)cc1. The zero-order valence-corrected chi connectivity index (χ0v) is 19.1. The monoisotopic (exact) mass is 427 g/mol. The van der Waals surface area contributed by atoms with Crippen molar-refractivity contribution in [2.24, 2.45) is 0 Å². The molecule has 0 N–H and O–H groups in total. The number of anilines is 1. The first kappa shape index (κ1) is 23.1. The van der Waals surface area contributed by atoms with Gasteiger partial charge in [-0.05, 0) is 62.6 Å². The Labute approximate surface area is 185 Å². The molecule has 1 amide bonds. The zero-order chi connectivity index (χ0) is 22.4. The van der Waals surface area contributed by atoms with Gasteiger partial charge in [-0.2, -0.15) is 0 Å². The summed E-state index contributed by atoms with van der Waals surface area (Å²) in [5.74, 6) is -0.209. The first-order valence-corrected chi connectivity index (χ1v) is 10.9. The molecule has 1 saturated heterocycles. The van der Waals surface area contributed by atoms with Crippen LogP contribution in [0.2, 0.25) is 0 Å². The summed E-state index contributed by atoms with van der Waals surface area (Å²) in [4.78, 5) is 18.5. The quantitative estimate of drug-likeness (QED) is 0.677. The number of likely N-dealkylation sites (N-methyl/N-ethyl adjacent to an activating group) is 1. The lowest BCUT2D eigenvalue weighted by Gasteiger charge is -2.35. The van der Waals surface area contributed by atoms with Crippen LogP contribution in [0.3, 0.4) is 0 Å². The van der Waals surface area contributed by atoms with Crippen molar-refractivity contribution in [3.63, 3.8) is 0 Å². The Balaban J connectivity index is 1.42. The first-order valence-electron chi connectivity index (χ1n) is 10.9. The highest BCUT2D eigenvalue weighted by atomic mass is 19.1. The smallest absolute Gasteiger partial charge is 0.410 e. The summed E-state index contributed by atoms with van der Waals surface area (Å²) < 4.78 is 18.5. The molecule has 6 heteroatoms. The molecule has 1 fully saturated rings. The average Bonchev–Trinajstić information content (AvgIpc) is 2.73. The molecule has 1 aliphatic heterocycles. The summed E-state index contributed by atoms with van der Waals surface area (Å²) >= 11 is 0. The predicted molar refractivity (Wildman–Crippen MR) is 123 cm³/mol. The van der Waals surface area contributed by atoms with Gasteiger partial charge in [-0.15, -0.1) is 0 Å². The van der Waals surface area contributed by atoms with E-state index in [1.54, 1.807) is 17.0 Å². The van der Waals surface area contributed by atoms with Crippen molar-refractivity contribution in [2.45, 2.75) is 39.3 Å². The second-order valence-corrected chi connectivity index (χ2v) is 9.21. The van der Waals surface area contributed by atoms with Crippen LogP contribution in [0.25, 0.3) is 0 Å². The van der Waals surface area contributed by atoms with Crippen molar-refractivity contribution in [1.82, 2.24) is 9.80 Å². The van der Waals surface area contributed by atoms with Gasteiger partial charge in [0.25, 0.3) is 0 Å². The number of hydrogen-bond donors (Lipinski definition) is 0. The van der Waals surface area contributed by atoms with Crippen molar-refractivity contribution >= 4 is 11.8 Å². The normalized spacial score (nSPS) is 15.1. The van der Waals surface area contributed by atoms with Crippen LogP contribution in [0.15, 0.2) is 48.5 Å². The lowest BCUT2D eigenvalue weighted by Crippen LogP contribution is -2.49. The third kappa shape index (κ3) is 7.24. The van der Waals surface area contributed by atoms with E-state index >= 15 is 0 Å². The number of benzene rings is 2. The number of piperazine rings is 1. The van der Waals surface area contributed by atoms with Crippen LogP contribution in [0.1, 0.15) is 31.9 Å². The van der Waals surface area contributed by atoms with Gasteiger partial charge in [0.2, 0.25) is 0 Å². The van der Waals surface area contributed by atoms with Crippen molar-refractivity contribution < 1.29 is 13.9 Å². The van der Waals surface area contributed by atoms with E-state index in [2.05, 4.69) is 34.1 Å². The van der Waals surface area contributed by atoms with Crippen LogP contribution < -0.4 is 4.90 Å². The minimum absolute atomic E-state index is 0.209. The number of carbonyl (C=O) groups excluding carboxylic acids is 1. The number of halogens is 1. The average molecular weight is 428 g/mol. The largest absolute Gasteiger partial charge is 0.444 e. The summed E-state index contributed by atoms with van der Waals surface area (Å²) in [6, 6.07) is 15.3. The third-order valence-electron chi connectivity index (χ3n) is 5.46. The van der Waals surface area contributed by atoms with Gasteiger partial charge in [-0.1, -0.05) is 24.3 Å². The molecule has 168 valence electrons. The van der Waals surface area contributed by atoms with Gasteiger partial charge in [-0.3, -0.25) is 4.90 Å². The van der Waals surface area contributed by atoms with Crippen LogP contribution >= 0.6 is 0 Å². The second-order valence-electron chi connectivity index (χ2n) is 9.21. The Bertz CT molecular complexity index is 839. The fraction of sp³-hybridized carbons (Fsp3) is 0.480. The molecule has 0 radical (unpaired) electrons. The van der Waals surface area contributed by atoms with Gasteiger partial charge in [0, 0.05) is 52.0 Å². The maximum Gasteiger partial charge on any atom is 0.410 e. The van der Waals surface area contributed by atoms with Crippen molar-refractivity contribution in [2.75, 3.05) is 44.7 Å². The number of rotatable bonds is 6. The molecular weight excluding hydrogens is 393 g/mol. The molecular formula is C25H34FN3O2. The van der Waals surface area contributed by atoms with Crippen LogP contribution in [-0.4, -0.2) is 61.3 Å².